The van der Waals surface area contributed by atoms with Gasteiger partial charge in [0.15, 0.2) is 0 Å². The fraction of sp³-hybridized carbons (Fsp3) is 1.00. The largest absolute Gasteiger partial charge is 0.325 e. The van der Waals surface area contributed by atoms with Crippen LogP contribution in [0.25, 0.3) is 0 Å². The molecule has 0 aromatic heterocycles. The van der Waals surface area contributed by atoms with E-state index in [0.717, 1.165) is 29.1 Å². The zero-order valence-electron chi connectivity index (χ0n) is 8.92. The third kappa shape index (κ3) is 0.330. The Bertz CT molecular complexity index is 336. The molecule has 5 aliphatic carbocycles. The zero-order chi connectivity index (χ0) is 9.34. The van der Waals surface area contributed by atoms with Gasteiger partial charge in [-0.25, -0.2) is 0 Å². The van der Waals surface area contributed by atoms with Crippen molar-refractivity contribution in [2.75, 3.05) is 0 Å². The van der Waals surface area contributed by atoms with Crippen molar-refractivity contribution in [2.45, 2.75) is 44.6 Å². The van der Waals surface area contributed by atoms with E-state index in [1.165, 1.54) is 32.1 Å². The lowest BCUT2D eigenvalue weighted by atomic mass is 9.05. The molecule has 4 unspecified atom stereocenters. The molecule has 0 saturated heterocycles. The Kier molecular flexibility index (Phi) is 0.788. The molecule has 0 radical (unpaired) electrons. The van der Waals surface area contributed by atoms with Crippen LogP contribution < -0.4 is 5.73 Å². The second-order valence-electron chi connectivity index (χ2n) is 7.07. The molecule has 0 aromatic carbocycles. The van der Waals surface area contributed by atoms with Crippen LogP contribution in [0, 0.1) is 34.5 Å². The zero-order valence-corrected chi connectivity index (χ0v) is 8.92. The summed E-state index contributed by atoms with van der Waals surface area (Å²) in [5.74, 6) is 4.34. The molecule has 76 valence electrons. The van der Waals surface area contributed by atoms with E-state index in [1.807, 2.05) is 0 Å². The Morgan fingerprint density at radius 2 is 1.57 bits per heavy atom. The molecule has 0 amide bonds. The third-order valence-electron chi connectivity index (χ3n) is 7.60. The molecule has 5 fully saturated rings. The summed E-state index contributed by atoms with van der Waals surface area (Å²) in [5, 5.41) is 0. The average molecular weight is 189 g/mol. The third-order valence-corrected chi connectivity index (χ3v) is 7.60. The maximum atomic E-state index is 6.54. The lowest BCUT2D eigenvalue weighted by Gasteiger charge is -3.00. The molecule has 4 atom stereocenters. The summed E-state index contributed by atoms with van der Waals surface area (Å²) in [6.07, 6.45) is 7.35. The van der Waals surface area contributed by atoms with Gasteiger partial charge in [-0.05, 0) is 54.8 Å². The molecule has 14 heavy (non-hydrogen) atoms. The van der Waals surface area contributed by atoms with Gasteiger partial charge in [0.1, 0.15) is 0 Å². The Hall–Kier alpha value is -0.0400. The maximum absolute atomic E-state index is 6.54. The molecule has 0 aromatic rings. The van der Waals surface area contributed by atoms with Crippen LogP contribution >= 0.6 is 0 Å². The molecule has 0 heterocycles. The van der Waals surface area contributed by atoms with Crippen molar-refractivity contribution >= 4 is 0 Å². The summed E-state index contributed by atoms with van der Waals surface area (Å²) in [6.45, 7) is 2.59. The maximum Gasteiger partial charge on any atom is 0.0228 e. The van der Waals surface area contributed by atoms with E-state index in [-0.39, 0.29) is 0 Å². The number of rotatable bonds is 0. The SMILES string of the molecule is CC12C3CCCC1C1CC4(N)CC3C142. The highest BCUT2D eigenvalue weighted by atomic mass is 15.1. The van der Waals surface area contributed by atoms with Gasteiger partial charge < -0.3 is 5.73 Å². The van der Waals surface area contributed by atoms with Crippen LogP contribution in [0.4, 0.5) is 0 Å². The van der Waals surface area contributed by atoms with Gasteiger partial charge in [-0.15, -0.1) is 0 Å². The van der Waals surface area contributed by atoms with Crippen LogP contribution in [-0.2, 0) is 0 Å². The molecule has 1 heteroatoms. The normalized spacial score (nSPS) is 81.0. The van der Waals surface area contributed by atoms with Crippen molar-refractivity contribution in [3.63, 3.8) is 0 Å². The van der Waals surface area contributed by atoms with Crippen LogP contribution in [0.1, 0.15) is 39.0 Å². The lowest BCUT2D eigenvalue weighted by Crippen LogP contribution is -3.01. The smallest absolute Gasteiger partial charge is 0.0228 e. The summed E-state index contributed by atoms with van der Waals surface area (Å²) in [4.78, 5) is 0. The topological polar surface area (TPSA) is 26.0 Å². The van der Waals surface area contributed by atoms with Crippen LogP contribution in [0.2, 0.25) is 0 Å². The summed E-state index contributed by atoms with van der Waals surface area (Å²) in [7, 11) is 0. The Morgan fingerprint density at radius 1 is 1.00 bits per heavy atom. The Balaban J connectivity index is 1.71. The molecule has 5 aliphatic rings. The van der Waals surface area contributed by atoms with Crippen LogP contribution in [0.15, 0.2) is 0 Å². The monoisotopic (exact) mass is 189 g/mol. The van der Waals surface area contributed by atoms with E-state index in [1.54, 1.807) is 0 Å². The number of nitrogens with two attached hydrogens (primary N) is 1. The van der Waals surface area contributed by atoms with E-state index in [4.69, 9.17) is 5.73 Å². The van der Waals surface area contributed by atoms with Gasteiger partial charge in [-0.1, -0.05) is 13.3 Å². The molecule has 2 N–H and O–H groups in total. The first-order valence-corrected chi connectivity index (χ1v) is 6.45. The number of fused-ring (bicyclic) bond motifs is 2. The van der Waals surface area contributed by atoms with Crippen molar-refractivity contribution < 1.29 is 0 Å². The second kappa shape index (κ2) is 1.52. The van der Waals surface area contributed by atoms with Gasteiger partial charge in [0.25, 0.3) is 0 Å². The molecule has 1 spiro atoms. The van der Waals surface area contributed by atoms with Gasteiger partial charge in [0.05, 0.1) is 0 Å². The van der Waals surface area contributed by atoms with E-state index in [0.29, 0.717) is 11.0 Å². The molecule has 0 bridgehead atoms. The van der Waals surface area contributed by atoms with Crippen molar-refractivity contribution in [2.24, 2.45) is 40.2 Å². The molecular weight excluding hydrogens is 170 g/mol. The van der Waals surface area contributed by atoms with E-state index in [9.17, 15) is 0 Å². The predicted molar refractivity (Wildman–Crippen MR) is 54.5 cm³/mol. The summed E-state index contributed by atoms with van der Waals surface area (Å²) in [6, 6.07) is 0. The Labute approximate surface area is 85.4 Å². The molecule has 5 saturated carbocycles. The molecule has 5 rings (SSSR count). The van der Waals surface area contributed by atoms with Gasteiger partial charge >= 0.3 is 0 Å². The number of hydrogen-bond donors (Lipinski definition) is 1. The van der Waals surface area contributed by atoms with Crippen molar-refractivity contribution in [3.05, 3.63) is 0 Å². The summed E-state index contributed by atoms with van der Waals surface area (Å²) in [5.41, 5.74) is 8.30. The van der Waals surface area contributed by atoms with Crippen LogP contribution in [0.3, 0.4) is 0 Å². The van der Waals surface area contributed by atoms with Crippen molar-refractivity contribution in [3.8, 4) is 0 Å². The van der Waals surface area contributed by atoms with Gasteiger partial charge in [0, 0.05) is 11.0 Å². The number of hydrogen-bond acceptors (Lipinski definition) is 1. The second-order valence-corrected chi connectivity index (χ2v) is 7.07. The van der Waals surface area contributed by atoms with Crippen LogP contribution in [0.5, 0.6) is 0 Å². The Morgan fingerprint density at radius 3 is 2.07 bits per heavy atom. The lowest BCUT2D eigenvalue weighted by molar-refractivity contribution is -0.506. The molecular formula is C13H19N. The standard InChI is InChI=1S/C13H19N/c1-11-7-3-2-4-8(11)10-6-12(14)5-9(7)13(10,11)12/h7-10H,2-6,14H2,1H3. The highest BCUT2D eigenvalue weighted by molar-refractivity contribution is 5.47. The fourth-order valence-electron chi connectivity index (χ4n) is 7.63. The van der Waals surface area contributed by atoms with Crippen molar-refractivity contribution in [1.82, 2.24) is 0 Å². The average Bonchev–Trinajstić information content (AvgIpc) is 2.11. The fourth-order valence-corrected chi connectivity index (χ4v) is 7.63. The van der Waals surface area contributed by atoms with E-state index >= 15 is 0 Å². The first kappa shape index (κ1) is 7.27. The molecule has 0 aliphatic heterocycles. The van der Waals surface area contributed by atoms with Gasteiger partial charge in [-0.2, -0.15) is 0 Å². The predicted octanol–water partition coefficient (Wildman–Crippen LogP) is 2.16. The first-order chi connectivity index (χ1) is 6.66. The first-order valence-electron chi connectivity index (χ1n) is 6.45. The minimum Gasteiger partial charge on any atom is -0.325 e. The van der Waals surface area contributed by atoms with E-state index < -0.39 is 0 Å². The highest BCUT2D eigenvalue weighted by Gasteiger charge is 2.97. The summed E-state index contributed by atoms with van der Waals surface area (Å²) >= 11 is 0. The van der Waals surface area contributed by atoms with E-state index in [2.05, 4.69) is 6.92 Å². The highest BCUT2D eigenvalue weighted by Crippen LogP contribution is 2.98. The quantitative estimate of drug-likeness (QED) is 0.621. The minimum atomic E-state index is 0.335. The van der Waals surface area contributed by atoms with Gasteiger partial charge in [-0.3, -0.25) is 0 Å². The van der Waals surface area contributed by atoms with Crippen LogP contribution in [-0.4, -0.2) is 5.54 Å². The van der Waals surface area contributed by atoms with Crippen molar-refractivity contribution in [1.29, 1.82) is 0 Å². The molecule has 1 nitrogen and oxygen atoms in total. The minimum absolute atomic E-state index is 0.335. The summed E-state index contributed by atoms with van der Waals surface area (Å²) < 4.78 is 0. The van der Waals surface area contributed by atoms with Gasteiger partial charge in [0.2, 0.25) is 0 Å².